The fourth-order valence-electron chi connectivity index (χ4n) is 3.09. The highest BCUT2D eigenvalue weighted by atomic mass is 35.5. The maximum Gasteiger partial charge on any atom is 0.273 e. The van der Waals surface area contributed by atoms with Crippen LogP contribution in [0.3, 0.4) is 0 Å². The fourth-order valence-corrected chi connectivity index (χ4v) is 3.97. The van der Waals surface area contributed by atoms with Crippen molar-refractivity contribution in [1.29, 1.82) is 0 Å². The van der Waals surface area contributed by atoms with Gasteiger partial charge in [0.2, 0.25) is 5.91 Å². The Kier molecular flexibility index (Phi) is 6.91. The monoisotopic (exact) mass is 420 g/mol. The molecule has 1 aliphatic heterocycles. The Labute approximate surface area is 174 Å². The summed E-state index contributed by atoms with van der Waals surface area (Å²) in [6, 6.07) is 7.39. The second kappa shape index (κ2) is 9.39. The Morgan fingerprint density at radius 3 is 2.89 bits per heavy atom. The first kappa shape index (κ1) is 20.6. The number of amides is 2. The number of thiazole rings is 1. The topological polar surface area (TPSA) is 74.3 Å². The van der Waals surface area contributed by atoms with E-state index in [1.165, 1.54) is 11.3 Å². The highest BCUT2D eigenvalue weighted by molar-refractivity contribution is 7.14. The Balaban J connectivity index is 1.61. The molecule has 0 aliphatic carbocycles. The molecule has 0 bridgehead atoms. The second-order valence-electron chi connectivity index (χ2n) is 7.37. The number of rotatable bonds is 6. The van der Waals surface area contributed by atoms with E-state index in [9.17, 15) is 9.59 Å². The number of anilines is 2. The number of carbonyl (C=O) groups excluding carboxylic acids is 2. The Hall–Kier alpha value is -2.12. The molecule has 1 fully saturated rings. The SMILES string of the molecule is CC(C)CNC(=O)[C@H]1CCCN(C(=O)c2csc(Nc3ccccc3Cl)n2)C1. The first-order valence-electron chi connectivity index (χ1n) is 9.48. The molecule has 1 aromatic heterocycles. The molecule has 28 heavy (non-hydrogen) atoms. The van der Waals surface area contributed by atoms with E-state index in [4.69, 9.17) is 11.6 Å². The highest BCUT2D eigenvalue weighted by Gasteiger charge is 2.29. The maximum absolute atomic E-state index is 12.9. The predicted molar refractivity (Wildman–Crippen MR) is 113 cm³/mol. The summed E-state index contributed by atoms with van der Waals surface area (Å²) in [5, 5.41) is 9.07. The third kappa shape index (κ3) is 5.23. The van der Waals surface area contributed by atoms with Crippen molar-refractivity contribution in [2.75, 3.05) is 25.0 Å². The zero-order valence-electron chi connectivity index (χ0n) is 16.1. The molecule has 8 heteroatoms. The number of piperidine rings is 1. The minimum Gasteiger partial charge on any atom is -0.356 e. The molecule has 1 aliphatic rings. The summed E-state index contributed by atoms with van der Waals surface area (Å²) in [6.45, 7) is 5.87. The number of likely N-dealkylation sites (tertiary alicyclic amines) is 1. The van der Waals surface area contributed by atoms with Crippen LogP contribution in [0.5, 0.6) is 0 Å². The number of nitrogens with zero attached hydrogens (tertiary/aromatic N) is 2. The quantitative estimate of drug-likeness (QED) is 0.735. The van der Waals surface area contributed by atoms with Crippen LogP contribution < -0.4 is 10.6 Å². The van der Waals surface area contributed by atoms with Crippen molar-refractivity contribution >= 4 is 45.6 Å². The van der Waals surface area contributed by atoms with Gasteiger partial charge in [-0.25, -0.2) is 4.98 Å². The normalized spacial score (nSPS) is 16.9. The van der Waals surface area contributed by atoms with Crippen molar-refractivity contribution in [3.8, 4) is 0 Å². The fraction of sp³-hybridized carbons (Fsp3) is 0.450. The van der Waals surface area contributed by atoms with E-state index in [0.29, 0.717) is 41.4 Å². The average Bonchev–Trinajstić information content (AvgIpc) is 3.16. The summed E-state index contributed by atoms with van der Waals surface area (Å²) >= 11 is 7.51. The molecule has 1 atom stereocenters. The Morgan fingerprint density at radius 2 is 2.14 bits per heavy atom. The van der Waals surface area contributed by atoms with Gasteiger partial charge in [0, 0.05) is 25.0 Å². The number of hydrogen-bond acceptors (Lipinski definition) is 5. The molecule has 150 valence electrons. The van der Waals surface area contributed by atoms with Gasteiger partial charge in [0.1, 0.15) is 5.69 Å². The Morgan fingerprint density at radius 1 is 1.36 bits per heavy atom. The number of para-hydroxylation sites is 1. The van der Waals surface area contributed by atoms with Crippen molar-refractivity contribution in [1.82, 2.24) is 15.2 Å². The van der Waals surface area contributed by atoms with Crippen molar-refractivity contribution in [2.45, 2.75) is 26.7 Å². The van der Waals surface area contributed by atoms with Gasteiger partial charge in [0.05, 0.1) is 16.6 Å². The molecule has 2 aromatic rings. The van der Waals surface area contributed by atoms with Crippen molar-refractivity contribution < 1.29 is 9.59 Å². The molecule has 1 aromatic carbocycles. The minimum atomic E-state index is -0.157. The van der Waals surface area contributed by atoms with Crippen molar-refractivity contribution in [3.05, 3.63) is 40.4 Å². The van der Waals surface area contributed by atoms with Crippen LogP contribution in [-0.2, 0) is 4.79 Å². The van der Waals surface area contributed by atoms with E-state index in [1.807, 2.05) is 18.2 Å². The van der Waals surface area contributed by atoms with Crippen LogP contribution in [0.15, 0.2) is 29.6 Å². The van der Waals surface area contributed by atoms with E-state index in [-0.39, 0.29) is 17.7 Å². The van der Waals surface area contributed by atoms with Gasteiger partial charge in [-0.1, -0.05) is 37.6 Å². The third-order valence-electron chi connectivity index (χ3n) is 4.60. The Bertz CT molecular complexity index is 839. The summed E-state index contributed by atoms with van der Waals surface area (Å²) in [7, 11) is 0. The molecule has 0 spiro atoms. The number of nitrogens with one attached hydrogen (secondary N) is 2. The zero-order chi connectivity index (χ0) is 20.1. The van der Waals surface area contributed by atoms with Gasteiger partial charge in [-0.3, -0.25) is 9.59 Å². The summed E-state index contributed by atoms with van der Waals surface area (Å²) in [6.07, 6.45) is 1.63. The van der Waals surface area contributed by atoms with E-state index < -0.39 is 0 Å². The predicted octanol–water partition coefficient (Wildman–Crippen LogP) is 4.16. The molecule has 3 rings (SSSR count). The molecule has 0 saturated carbocycles. The van der Waals surface area contributed by atoms with Crippen LogP contribution in [0.25, 0.3) is 0 Å². The first-order chi connectivity index (χ1) is 13.4. The highest BCUT2D eigenvalue weighted by Crippen LogP contribution is 2.27. The second-order valence-corrected chi connectivity index (χ2v) is 8.64. The molecule has 2 heterocycles. The lowest BCUT2D eigenvalue weighted by atomic mass is 9.96. The van der Waals surface area contributed by atoms with Crippen molar-refractivity contribution in [3.63, 3.8) is 0 Å². The number of carbonyl (C=O) groups is 2. The van der Waals surface area contributed by atoms with E-state index >= 15 is 0 Å². The lowest BCUT2D eigenvalue weighted by Crippen LogP contribution is -2.46. The van der Waals surface area contributed by atoms with Gasteiger partial charge in [-0.2, -0.15) is 0 Å². The van der Waals surface area contributed by atoms with Gasteiger partial charge < -0.3 is 15.5 Å². The number of halogens is 1. The largest absolute Gasteiger partial charge is 0.356 e. The molecular formula is C20H25ClN4O2S. The summed E-state index contributed by atoms with van der Waals surface area (Å²) < 4.78 is 0. The van der Waals surface area contributed by atoms with Crippen LogP contribution in [0.2, 0.25) is 5.02 Å². The zero-order valence-corrected chi connectivity index (χ0v) is 17.6. The molecule has 2 amide bonds. The van der Waals surface area contributed by atoms with E-state index in [0.717, 1.165) is 18.5 Å². The van der Waals surface area contributed by atoms with Crippen LogP contribution in [0, 0.1) is 11.8 Å². The van der Waals surface area contributed by atoms with Crippen LogP contribution in [-0.4, -0.2) is 41.3 Å². The summed E-state index contributed by atoms with van der Waals surface area (Å²) in [4.78, 5) is 31.4. The maximum atomic E-state index is 12.9. The third-order valence-corrected chi connectivity index (χ3v) is 5.69. The van der Waals surface area contributed by atoms with Gasteiger partial charge in [0.15, 0.2) is 5.13 Å². The van der Waals surface area contributed by atoms with Gasteiger partial charge >= 0.3 is 0 Å². The molecular weight excluding hydrogens is 396 g/mol. The summed E-state index contributed by atoms with van der Waals surface area (Å²) in [5.41, 5.74) is 1.14. The van der Waals surface area contributed by atoms with Crippen LogP contribution in [0.4, 0.5) is 10.8 Å². The van der Waals surface area contributed by atoms with Crippen molar-refractivity contribution in [2.24, 2.45) is 11.8 Å². The molecule has 1 saturated heterocycles. The number of benzene rings is 1. The lowest BCUT2D eigenvalue weighted by Gasteiger charge is -2.31. The first-order valence-corrected chi connectivity index (χ1v) is 10.7. The minimum absolute atomic E-state index is 0.0329. The average molecular weight is 421 g/mol. The van der Waals surface area contributed by atoms with Crippen LogP contribution in [0.1, 0.15) is 37.2 Å². The number of aromatic nitrogens is 1. The molecule has 0 radical (unpaired) electrons. The van der Waals surface area contributed by atoms with Gasteiger partial charge in [-0.15, -0.1) is 11.3 Å². The number of hydrogen-bond donors (Lipinski definition) is 2. The molecule has 0 unspecified atom stereocenters. The van der Waals surface area contributed by atoms with E-state index in [2.05, 4.69) is 29.5 Å². The van der Waals surface area contributed by atoms with Crippen LogP contribution >= 0.6 is 22.9 Å². The molecule has 2 N–H and O–H groups in total. The smallest absolute Gasteiger partial charge is 0.273 e. The molecule has 6 nitrogen and oxygen atoms in total. The summed E-state index contributed by atoms with van der Waals surface area (Å²) in [5.74, 6) is 0.149. The van der Waals surface area contributed by atoms with Gasteiger partial charge in [-0.05, 0) is 30.9 Å². The standard InChI is InChI=1S/C20H25ClN4O2S/c1-13(2)10-22-18(26)14-6-5-9-25(11-14)19(27)17-12-28-20(24-17)23-16-8-4-3-7-15(16)21/h3-4,7-8,12-14H,5-6,9-11H2,1-2H3,(H,22,26)(H,23,24)/t14-/m0/s1. The van der Waals surface area contributed by atoms with E-state index in [1.54, 1.807) is 16.3 Å². The lowest BCUT2D eigenvalue weighted by molar-refractivity contribution is -0.126. The van der Waals surface area contributed by atoms with Gasteiger partial charge in [0.25, 0.3) is 5.91 Å².